The molecule has 0 aliphatic carbocycles. The van der Waals surface area contributed by atoms with Crippen LogP contribution in [0, 0.1) is 13.8 Å². The Hall–Kier alpha value is -2.75. The molecule has 2 aromatic rings. The highest BCUT2D eigenvalue weighted by molar-refractivity contribution is 7.92. The molecule has 1 heterocycles. The number of aryl methyl sites for hydroxylation is 3. The summed E-state index contributed by atoms with van der Waals surface area (Å²) in [6, 6.07) is 3.48. The van der Waals surface area contributed by atoms with Crippen molar-refractivity contribution in [3.63, 3.8) is 0 Å². The molecule has 2 rings (SSSR count). The molecule has 0 spiro atoms. The lowest BCUT2D eigenvalue weighted by Gasteiger charge is -2.21. The van der Waals surface area contributed by atoms with Crippen LogP contribution < -0.4 is 18.5 Å². The fraction of sp³-hybridized carbons (Fsp3) is 0.474. The van der Waals surface area contributed by atoms with Gasteiger partial charge in [0.05, 0.1) is 39.0 Å². The predicted octanol–water partition coefficient (Wildman–Crippen LogP) is 1.99. The van der Waals surface area contributed by atoms with Gasteiger partial charge >= 0.3 is 0 Å². The van der Waals surface area contributed by atoms with Gasteiger partial charge in [-0.05, 0) is 31.9 Å². The zero-order valence-corrected chi connectivity index (χ0v) is 18.6. The summed E-state index contributed by atoms with van der Waals surface area (Å²) in [5, 5.41) is 4.22. The second-order valence-electron chi connectivity index (χ2n) is 6.56. The van der Waals surface area contributed by atoms with Crippen molar-refractivity contribution in [2.75, 3.05) is 31.9 Å². The van der Waals surface area contributed by atoms with Crippen molar-refractivity contribution >= 4 is 21.6 Å². The van der Waals surface area contributed by atoms with Crippen molar-refractivity contribution in [1.29, 1.82) is 0 Å². The van der Waals surface area contributed by atoms with Crippen molar-refractivity contribution in [3.05, 3.63) is 29.1 Å². The molecule has 1 aromatic heterocycles. The highest BCUT2D eigenvalue weighted by Crippen LogP contribution is 2.40. The Bertz CT molecular complexity index is 1010. The third kappa shape index (κ3) is 4.47. The van der Waals surface area contributed by atoms with E-state index in [4.69, 9.17) is 14.2 Å². The molecule has 0 fully saturated rings. The standard InChI is InChI=1S/C19H27N3O6S/c1-12-17(13(2)21(3)20-12)22(29(7,24)25)16(23)11-9-14-8-10-15(26-4)19(28-6)18(14)27-5/h8,10H,9,11H2,1-7H3. The van der Waals surface area contributed by atoms with Gasteiger partial charge in [-0.3, -0.25) is 9.48 Å². The maximum absolute atomic E-state index is 13.0. The van der Waals surface area contributed by atoms with Crippen LogP contribution in [0.1, 0.15) is 23.4 Å². The molecule has 0 atom stereocenters. The van der Waals surface area contributed by atoms with E-state index in [0.717, 1.165) is 10.6 Å². The molecule has 1 amide bonds. The molecule has 0 radical (unpaired) electrons. The Kier molecular flexibility index (Phi) is 6.78. The highest BCUT2D eigenvalue weighted by Gasteiger charge is 2.30. The third-order valence-corrected chi connectivity index (χ3v) is 5.68. The van der Waals surface area contributed by atoms with Crippen molar-refractivity contribution in [3.8, 4) is 17.2 Å². The molecule has 0 bridgehead atoms. The van der Waals surface area contributed by atoms with E-state index in [1.54, 1.807) is 37.7 Å². The summed E-state index contributed by atoms with van der Waals surface area (Å²) in [6.45, 7) is 3.39. The zero-order chi connectivity index (χ0) is 21.9. The lowest BCUT2D eigenvalue weighted by atomic mass is 10.1. The third-order valence-electron chi connectivity index (χ3n) is 4.63. The van der Waals surface area contributed by atoms with Crippen LogP contribution in [0.2, 0.25) is 0 Å². The minimum absolute atomic E-state index is 0.0489. The Morgan fingerprint density at radius 1 is 1.10 bits per heavy atom. The number of benzene rings is 1. The van der Waals surface area contributed by atoms with Gasteiger partial charge in [0.25, 0.3) is 0 Å². The van der Waals surface area contributed by atoms with Crippen molar-refractivity contribution in [2.45, 2.75) is 26.7 Å². The zero-order valence-electron chi connectivity index (χ0n) is 17.8. The van der Waals surface area contributed by atoms with Gasteiger partial charge in [-0.1, -0.05) is 6.07 Å². The molecule has 0 aliphatic rings. The lowest BCUT2D eigenvalue weighted by Crippen LogP contribution is -2.37. The summed E-state index contributed by atoms with van der Waals surface area (Å²) < 4.78 is 43.3. The molecule has 0 saturated carbocycles. The van der Waals surface area contributed by atoms with Crippen LogP contribution in [0.25, 0.3) is 0 Å². The molecule has 1 aromatic carbocycles. The fourth-order valence-corrected chi connectivity index (χ4v) is 4.29. The van der Waals surface area contributed by atoms with Crippen LogP contribution in [0.4, 0.5) is 5.69 Å². The van der Waals surface area contributed by atoms with E-state index in [1.165, 1.54) is 21.3 Å². The molecule has 29 heavy (non-hydrogen) atoms. The topological polar surface area (TPSA) is 100.0 Å². The molecular formula is C19H27N3O6S. The van der Waals surface area contributed by atoms with Crippen LogP contribution in [0.3, 0.4) is 0 Å². The van der Waals surface area contributed by atoms with Gasteiger partial charge in [0.2, 0.25) is 21.7 Å². The van der Waals surface area contributed by atoms with E-state index in [-0.39, 0.29) is 12.8 Å². The Balaban J connectivity index is 2.37. The molecule has 160 valence electrons. The Morgan fingerprint density at radius 3 is 2.17 bits per heavy atom. The minimum atomic E-state index is -3.84. The first-order chi connectivity index (χ1) is 13.6. The maximum atomic E-state index is 13.0. The number of ether oxygens (including phenoxy) is 3. The first-order valence-corrected chi connectivity index (χ1v) is 10.7. The van der Waals surface area contributed by atoms with E-state index >= 15 is 0 Å². The van der Waals surface area contributed by atoms with Crippen LogP contribution in [0.5, 0.6) is 17.2 Å². The SMILES string of the molecule is COc1ccc(CCC(=O)N(c2c(C)nn(C)c2C)S(C)(=O)=O)c(OC)c1OC. The minimum Gasteiger partial charge on any atom is -0.493 e. The van der Waals surface area contributed by atoms with Gasteiger partial charge in [-0.25, -0.2) is 12.7 Å². The number of sulfonamides is 1. The predicted molar refractivity (Wildman–Crippen MR) is 109 cm³/mol. The van der Waals surface area contributed by atoms with E-state index in [9.17, 15) is 13.2 Å². The van der Waals surface area contributed by atoms with Gasteiger partial charge in [-0.2, -0.15) is 5.10 Å². The second-order valence-corrected chi connectivity index (χ2v) is 8.39. The van der Waals surface area contributed by atoms with Gasteiger partial charge in [0.1, 0.15) is 5.69 Å². The summed E-state index contributed by atoms with van der Waals surface area (Å²) in [5.74, 6) is 0.806. The average Bonchev–Trinajstić information content (AvgIpc) is 2.90. The molecule has 0 saturated heterocycles. The van der Waals surface area contributed by atoms with E-state index < -0.39 is 15.9 Å². The number of anilines is 1. The fourth-order valence-electron chi connectivity index (χ4n) is 3.24. The largest absolute Gasteiger partial charge is 0.493 e. The van der Waals surface area contributed by atoms with Gasteiger partial charge in [0.15, 0.2) is 11.5 Å². The summed E-state index contributed by atoms with van der Waals surface area (Å²) in [4.78, 5) is 13.0. The maximum Gasteiger partial charge on any atom is 0.241 e. The average molecular weight is 426 g/mol. The van der Waals surface area contributed by atoms with E-state index in [0.29, 0.717) is 39.9 Å². The number of methoxy groups -OCH3 is 3. The molecule has 0 unspecified atom stereocenters. The number of carbonyl (C=O) groups excluding carboxylic acids is 1. The first-order valence-electron chi connectivity index (χ1n) is 8.87. The number of carbonyl (C=O) groups is 1. The van der Waals surface area contributed by atoms with Crippen LogP contribution >= 0.6 is 0 Å². The van der Waals surface area contributed by atoms with Crippen LogP contribution in [0.15, 0.2) is 12.1 Å². The van der Waals surface area contributed by atoms with Crippen molar-refractivity contribution in [2.24, 2.45) is 7.05 Å². The normalized spacial score (nSPS) is 11.3. The monoisotopic (exact) mass is 425 g/mol. The van der Waals surface area contributed by atoms with Gasteiger partial charge in [0, 0.05) is 13.5 Å². The number of rotatable bonds is 8. The van der Waals surface area contributed by atoms with E-state index in [2.05, 4.69) is 5.10 Å². The highest BCUT2D eigenvalue weighted by atomic mass is 32.2. The van der Waals surface area contributed by atoms with Gasteiger partial charge in [-0.15, -0.1) is 0 Å². The number of hydrogen-bond donors (Lipinski definition) is 0. The summed E-state index contributed by atoms with van der Waals surface area (Å²) in [5.41, 5.74) is 2.04. The van der Waals surface area contributed by atoms with Crippen LogP contribution in [-0.2, 0) is 28.3 Å². The molecular weight excluding hydrogens is 398 g/mol. The van der Waals surface area contributed by atoms with Gasteiger partial charge < -0.3 is 14.2 Å². The first kappa shape index (κ1) is 22.5. The van der Waals surface area contributed by atoms with Crippen LogP contribution in [-0.4, -0.2) is 51.7 Å². The molecule has 0 aliphatic heterocycles. The number of amides is 1. The molecule has 10 heteroatoms. The van der Waals surface area contributed by atoms with Crippen molar-refractivity contribution < 1.29 is 27.4 Å². The number of nitrogens with zero attached hydrogens (tertiary/aromatic N) is 3. The summed E-state index contributed by atoms with van der Waals surface area (Å²) >= 11 is 0. The molecule has 0 N–H and O–H groups in total. The second kappa shape index (κ2) is 8.73. The van der Waals surface area contributed by atoms with Crippen molar-refractivity contribution in [1.82, 2.24) is 9.78 Å². The lowest BCUT2D eigenvalue weighted by molar-refractivity contribution is -0.117. The summed E-state index contributed by atoms with van der Waals surface area (Å²) in [6.07, 6.45) is 1.22. The van der Waals surface area contributed by atoms with E-state index in [1.807, 2.05) is 0 Å². The molecule has 9 nitrogen and oxygen atoms in total. The quantitative estimate of drug-likeness (QED) is 0.638. The number of aromatic nitrogens is 2. The Morgan fingerprint density at radius 2 is 1.72 bits per heavy atom. The summed E-state index contributed by atoms with van der Waals surface area (Å²) in [7, 11) is 2.37. The smallest absolute Gasteiger partial charge is 0.241 e. The Labute approximate surface area is 171 Å². The number of hydrogen-bond acceptors (Lipinski definition) is 7.